The van der Waals surface area contributed by atoms with E-state index < -0.39 is 0 Å². The second kappa shape index (κ2) is 14.9. The maximum Gasteiger partial charge on any atom is 0.104 e. The molecule has 1 radical (unpaired) electrons. The summed E-state index contributed by atoms with van der Waals surface area (Å²) in [7, 11) is 3.46. The molecule has 0 bridgehead atoms. The number of rotatable bonds is 4. The molecule has 4 nitrogen and oxygen atoms in total. The fourth-order valence-corrected chi connectivity index (χ4v) is 0.408. The molecule has 2 atom stereocenters. The molecule has 0 aromatic rings. The standard InChI is InChI=1S/2C4H11NO.Cu/c2*1-3-4(6)5-2;/h2*4-6H,3H2,1-2H3;. The monoisotopic (exact) mass is 241 g/mol. The molecule has 0 aliphatic heterocycles. The van der Waals surface area contributed by atoms with E-state index in [0.29, 0.717) is 0 Å². The Morgan fingerprint density at radius 2 is 1.15 bits per heavy atom. The van der Waals surface area contributed by atoms with Crippen molar-refractivity contribution in [1.82, 2.24) is 10.6 Å². The predicted octanol–water partition coefficient (Wildman–Crippen LogP) is -0.134. The van der Waals surface area contributed by atoms with Crippen molar-refractivity contribution >= 4 is 0 Å². The van der Waals surface area contributed by atoms with Crippen LogP contribution in [-0.2, 0) is 17.1 Å². The third-order valence-electron chi connectivity index (χ3n) is 1.44. The summed E-state index contributed by atoms with van der Waals surface area (Å²) in [5.74, 6) is 0. The van der Waals surface area contributed by atoms with Gasteiger partial charge in [-0.2, -0.15) is 0 Å². The van der Waals surface area contributed by atoms with Gasteiger partial charge in [-0.05, 0) is 26.9 Å². The molecule has 87 valence electrons. The molecule has 0 amide bonds. The maximum absolute atomic E-state index is 8.56. The van der Waals surface area contributed by atoms with Crippen LogP contribution in [0, 0.1) is 0 Å². The molecule has 0 aromatic heterocycles. The molecular formula is C8H22CuN2O2. The van der Waals surface area contributed by atoms with Crippen molar-refractivity contribution in [3.8, 4) is 0 Å². The van der Waals surface area contributed by atoms with Crippen LogP contribution >= 0.6 is 0 Å². The Hall–Kier alpha value is 0.359. The third-order valence-corrected chi connectivity index (χ3v) is 1.44. The number of hydrogen-bond acceptors (Lipinski definition) is 4. The fourth-order valence-electron chi connectivity index (χ4n) is 0.408. The molecule has 2 unspecified atom stereocenters. The first-order valence-corrected chi connectivity index (χ1v) is 4.32. The number of hydrogen-bond donors (Lipinski definition) is 4. The van der Waals surface area contributed by atoms with Crippen LogP contribution in [0.3, 0.4) is 0 Å². The van der Waals surface area contributed by atoms with Crippen LogP contribution in [-0.4, -0.2) is 36.8 Å². The Kier molecular flexibility index (Phi) is 21.7. The average molecular weight is 242 g/mol. The van der Waals surface area contributed by atoms with E-state index in [0.717, 1.165) is 12.8 Å². The molecule has 13 heavy (non-hydrogen) atoms. The Morgan fingerprint density at radius 1 is 0.923 bits per heavy atom. The van der Waals surface area contributed by atoms with E-state index in [1.165, 1.54) is 0 Å². The van der Waals surface area contributed by atoms with Gasteiger partial charge in [0.05, 0.1) is 0 Å². The second-order valence-corrected chi connectivity index (χ2v) is 2.43. The molecule has 0 fully saturated rings. The summed E-state index contributed by atoms with van der Waals surface area (Å²) in [5.41, 5.74) is 0. The minimum absolute atomic E-state index is 0. The molecule has 0 aliphatic carbocycles. The molecule has 0 saturated heterocycles. The summed E-state index contributed by atoms with van der Waals surface area (Å²) < 4.78 is 0. The van der Waals surface area contributed by atoms with Crippen LogP contribution in [0.2, 0.25) is 0 Å². The summed E-state index contributed by atoms with van der Waals surface area (Å²) in [5, 5.41) is 22.5. The van der Waals surface area contributed by atoms with E-state index >= 15 is 0 Å². The number of nitrogens with one attached hydrogen (secondary N) is 2. The minimum atomic E-state index is -0.315. The van der Waals surface area contributed by atoms with Gasteiger partial charge in [-0.1, -0.05) is 13.8 Å². The van der Waals surface area contributed by atoms with Gasteiger partial charge in [0.15, 0.2) is 0 Å². The van der Waals surface area contributed by atoms with Gasteiger partial charge in [-0.15, -0.1) is 0 Å². The minimum Gasteiger partial charge on any atom is -0.379 e. The average Bonchev–Trinajstić information content (AvgIpc) is 2.16. The van der Waals surface area contributed by atoms with Crippen LogP contribution < -0.4 is 10.6 Å². The largest absolute Gasteiger partial charge is 0.379 e. The van der Waals surface area contributed by atoms with Crippen molar-refractivity contribution in [2.24, 2.45) is 0 Å². The molecule has 5 heteroatoms. The van der Waals surface area contributed by atoms with Crippen LogP contribution in [0.15, 0.2) is 0 Å². The number of aliphatic hydroxyl groups excluding tert-OH is 2. The summed E-state index contributed by atoms with van der Waals surface area (Å²) in [4.78, 5) is 0. The van der Waals surface area contributed by atoms with E-state index in [9.17, 15) is 0 Å². The Bertz CT molecular complexity index is 68.5. The van der Waals surface area contributed by atoms with Gasteiger partial charge in [0, 0.05) is 17.1 Å². The molecule has 0 rings (SSSR count). The molecular weight excluding hydrogens is 220 g/mol. The normalized spacial score (nSPS) is 13.4. The van der Waals surface area contributed by atoms with Gasteiger partial charge in [-0.3, -0.25) is 10.6 Å². The zero-order valence-corrected chi connectivity index (χ0v) is 9.71. The first-order chi connectivity index (χ1) is 5.62. The van der Waals surface area contributed by atoms with Gasteiger partial charge in [0.1, 0.15) is 12.5 Å². The van der Waals surface area contributed by atoms with Crippen LogP contribution in [0.4, 0.5) is 0 Å². The van der Waals surface area contributed by atoms with E-state index in [1.807, 2.05) is 13.8 Å². The van der Waals surface area contributed by atoms with Gasteiger partial charge in [-0.25, -0.2) is 0 Å². The quantitative estimate of drug-likeness (QED) is 0.409. The molecule has 0 spiro atoms. The van der Waals surface area contributed by atoms with Crippen LogP contribution in [0.1, 0.15) is 26.7 Å². The molecule has 0 heterocycles. The van der Waals surface area contributed by atoms with E-state index in [1.54, 1.807) is 14.1 Å². The topological polar surface area (TPSA) is 64.5 Å². The van der Waals surface area contributed by atoms with Crippen molar-refractivity contribution < 1.29 is 27.3 Å². The fraction of sp³-hybridized carbons (Fsp3) is 1.00. The van der Waals surface area contributed by atoms with Crippen molar-refractivity contribution in [3.05, 3.63) is 0 Å². The van der Waals surface area contributed by atoms with Crippen LogP contribution in [0.5, 0.6) is 0 Å². The summed E-state index contributed by atoms with van der Waals surface area (Å²) in [6.45, 7) is 3.84. The van der Waals surface area contributed by atoms with Gasteiger partial charge < -0.3 is 10.2 Å². The van der Waals surface area contributed by atoms with Crippen LogP contribution in [0.25, 0.3) is 0 Å². The molecule has 0 saturated carbocycles. The Morgan fingerprint density at radius 3 is 1.15 bits per heavy atom. The van der Waals surface area contributed by atoms with Crippen molar-refractivity contribution in [2.45, 2.75) is 39.1 Å². The van der Waals surface area contributed by atoms with E-state index in [-0.39, 0.29) is 29.5 Å². The second-order valence-electron chi connectivity index (χ2n) is 2.43. The third kappa shape index (κ3) is 19.0. The Labute approximate surface area is 91.6 Å². The molecule has 4 N–H and O–H groups in total. The van der Waals surface area contributed by atoms with E-state index in [4.69, 9.17) is 10.2 Å². The molecule has 0 aliphatic rings. The van der Waals surface area contributed by atoms with Crippen molar-refractivity contribution in [1.29, 1.82) is 0 Å². The van der Waals surface area contributed by atoms with Gasteiger partial charge in [0.2, 0.25) is 0 Å². The SMILES string of the molecule is CCC(O)NC.CCC(O)NC.[Cu]. The number of aliphatic hydroxyl groups is 2. The van der Waals surface area contributed by atoms with Crippen molar-refractivity contribution in [3.63, 3.8) is 0 Å². The Balaban J connectivity index is -0.000000143. The summed E-state index contributed by atoms with van der Waals surface area (Å²) in [6.07, 6.45) is 0.919. The zero-order chi connectivity index (χ0) is 9.98. The first-order valence-electron chi connectivity index (χ1n) is 4.32. The van der Waals surface area contributed by atoms with Gasteiger partial charge >= 0.3 is 0 Å². The zero-order valence-electron chi connectivity index (χ0n) is 8.76. The van der Waals surface area contributed by atoms with Crippen molar-refractivity contribution in [2.75, 3.05) is 14.1 Å². The maximum atomic E-state index is 8.56. The molecule has 0 aromatic carbocycles. The predicted molar refractivity (Wildman–Crippen MR) is 50.7 cm³/mol. The van der Waals surface area contributed by atoms with E-state index in [2.05, 4.69) is 10.6 Å². The summed E-state index contributed by atoms with van der Waals surface area (Å²) in [6, 6.07) is 0. The first kappa shape index (κ1) is 19.0. The van der Waals surface area contributed by atoms with Gasteiger partial charge in [0.25, 0.3) is 0 Å². The smallest absolute Gasteiger partial charge is 0.104 e. The summed E-state index contributed by atoms with van der Waals surface area (Å²) >= 11 is 0.